The van der Waals surface area contributed by atoms with E-state index in [1.165, 1.54) is 4.68 Å². The van der Waals surface area contributed by atoms with Gasteiger partial charge in [0.25, 0.3) is 5.56 Å². The number of hydrogen-bond acceptors (Lipinski definition) is 3. The Morgan fingerprint density at radius 1 is 1.17 bits per heavy atom. The fraction of sp³-hybridized carbons (Fsp3) is 0.286. The molecule has 0 fully saturated rings. The molecular weight excluding hydrogens is 156 g/mol. The predicted molar refractivity (Wildman–Crippen MR) is 43.8 cm³/mol. The number of rotatable bonds is 0. The van der Waals surface area contributed by atoms with Gasteiger partial charge in [0.1, 0.15) is 5.52 Å². The summed E-state index contributed by atoms with van der Waals surface area (Å²) in [6.45, 7) is 0. The molecule has 0 N–H and O–H groups in total. The predicted octanol–water partition coefficient (Wildman–Crippen LogP) is -0.333. The fourth-order valence-corrected chi connectivity index (χ4v) is 1.17. The van der Waals surface area contributed by atoms with Crippen LogP contribution < -0.4 is 5.56 Å². The van der Waals surface area contributed by atoms with E-state index < -0.39 is 0 Å². The van der Waals surface area contributed by atoms with Crippen LogP contribution in [0.2, 0.25) is 0 Å². The van der Waals surface area contributed by atoms with E-state index in [1.807, 2.05) is 0 Å². The molecule has 0 atom stereocenters. The highest BCUT2D eigenvalue weighted by molar-refractivity contribution is 5.76. The maximum absolute atomic E-state index is 11.4. The topological polar surface area (TPSA) is 52.7 Å². The molecule has 2 aromatic rings. The molecule has 0 radical (unpaired) electrons. The van der Waals surface area contributed by atoms with Crippen LogP contribution in [-0.4, -0.2) is 19.6 Å². The van der Waals surface area contributed by atoms with E-state index in [0.717, 1.165) is 5.39 Å². The lowest BCUT2D eigenvalue weighted by Gasteiger charge is -1.95. The van der Waals surface area contributed by atoms with Crippen molar-refractivity contribution >= 4 is 10.9 Å². The van der Waals surface area contributed by atoms with Gasteiger partial charge in [-0.25, -0.2) is 4.68 Å². The molecule has 0 saturated carbocycles. The Kier molecular flexibility index (Phi) is 1.27. The highest BCUT2D eigenvalue weighted by atomic mass is 16.1. The SMILES string of the molecule is Cn1ncc2cnn(C)c2c1=O. The highest BCUT2D eigenvalue weighted by Crippen LogP contribution is 2.03. The highest BCUT2D eigenvalue weighted by Gasteiger charge is 2.04. The van der Waals surface area contributed by atoms with E-state index in [2.05, 4.69) is 10.2 Å². The van der Waals surface area contributed by atoms with Gasteiger partial charge in [-0.15, -0.1) is 0 Å². The summed E-state index contributed by atoms with van der Waals surface area (Å²) in [5, 5.41) is 8.61. The monoisotopic (exact) mass is 164 g/mol. The van der Waals surface area contributed by atoms with Crippen LogP contribution in [0.4, 0.5) is 0 Å². The van der Waals surface area contributed by atoms with Crippen LogP contribution in [0.3, 0.4) is 0 Å². The molecule has 0 unspecified atom stereocenters. The molecule has 5 heteroatoms. The molecule has 5 nitrogen and oxygen atoms in total. The molecule has 12 heavy (non-hydrogen) atoms. The first-order valence-electron chi connectivity index (χ1n) is 3.54. The Labute approximate surface area is 68.2 Å². The number of aromatic nitrogens is 4. The van der Waals surface area contributed by atoms with Crippen LogP contribution in [0.15, 0.2) is 17.2 Å². The summed E-state index contributed by atoms with van der Waals surface area (Å²) in [6, 6.07) is 0. The Morgan fingerprint density at radius 3 is 2.42 bits per heavy atom. The van der Waals surface area contributed by atoms with Gasteiger partial charge in [0.15, 0.2) is 0 Å². The summed E-state index contributed by atoms with van der Waals surface area (Å²) < 4.78 is 2.85. The summed E-state index contributed by atoms with van der Waals surface area (Å²) in [7, 11) is 3.36. The number of hydrogen-bond donors (Lipinski definition) is 0. The molecule has 62 valence electrons. The molecule has 0 amide bonds. The largest absolute Gasteiger partial charge is 0.292 e. The standard InChI is InChI=1S/C7H8N4O/c1-10-6-5(3-8-10)4-9-11(2)7(6)12/h3-4H,1-2H3. The van der Waals surface area contributed by atoms with Gasteiger partial charge >= 0.3 is 0 Å². The average Bonchev–Trinajstić information content (AvgIpc) is 2.41. The second kappa shape index (κ2) is 2.17. The van der Waals surface area contributed by atoms with E-state index in [4.69, 9.17) is 0 Å². The first-order chi connectivity index (χ1) is 5.70. The summed E-state index contributed by atoms with van der Waals surface area (Å²) >= 11 is 0. The molecule has 0 saturated heterocycles. The minimum atomic E-state index is -0.118. The molecule has 0 aliphatic carbocycles. The summed E-state index contributed by atoms with van der Waals surface area (Å²) in [5.41, 5.74) is 0.472. The molecule has 2 aromatic heterocycles. The van der Waals surface area contributed by atoms with Gasteiger partial charge in [-0.05, 0) is 0 Å². The third-order valence-corrected chi connectivity index (χ3v) is 1.83. The van der Waals surface area contributed by atoms with Crippen molar-refractivity contribution < 1.29 is 0 Å². The zero-order valence-electron chi connectivity index (χ0n) is 6.85. The van der Waals surface area contributed by atoms with Crippen LogP contribution in [0.1, 0.15) is 0 Å². The normalized spacial score (nSPS) is 10.8. The van der Waals surface area contributed by atoms with Crippen molar-refractivity contribution in [1.82, 2.24) is 19.6 Å². The molecule has 2 rings (SSSR count). The van der Waals surface area contributed by atoms with Gasteiger partial charge in [0, 0.05) is 19.5 Å². The van der Waals surface area contributed by atoms with Crippen molar-refractivity contribution in [3.63, 3.8) is 0 Å². The third kappa shape index (κ3) is 0.761. The van der Waals surface area contributed by atoms with E-state index >= 15 is 0 Å². The zero-order chi connectivity index (χ0) is 8.72. The molecule has 0 aliphatic heterocycles. The van der Waals surface area contributed by atoms with Crippen LogP contribution in [0.5, 0.6) is 0 Å². The quantitative estimate of drug-likeness (QED) is 0.535. The Bertz CT molecular complexity index is 482. The number of aryl methyl sites for hydroxylation is 2. The molecule has 0 aromatic carbocycles. The summed E-state index contributed by atoms with van der Waals surface area (Å²) in [6.07, 6.45) is 3.26. The second-order valence-corrected chi connectivity index (χ2v) is 2.65. The third-order valence-electron chi connectivity index (χ3n) is 1.83. The maximum Gasteiger partial charge on any atom is 0.292 e. The van der Waals surface area contributed by atoms with Crippen LogP contribution >= 0.6 is 0 Å². The van der Waals surface area contributed by atoms with Gasteiger partial charge in [-0.1, -0.05) is 0 Å². The smallest absolute Gasteiger partial charge is 0.265 e. The van der Waals surface area contributed by atoms with Crippen molar-refractivity contribution in [1.29, 1.82) is 0 Å². The lowest BCUT2D eigenvalue weighted by Crippen LogP contribution is -2.20. The van der Waals surface area contributed by atoms with Gasteiger partial charge in [-0.2, -0.15) is 10.2 Å². The first-order valence-corrected chi connectivity index (χ1v) is 3.54. The molecule has 0 bridgehead atoms. The lowest BCUT2D eigenvalue weighted by atomic mass is 10.4. The van der Waals surface area contributed by atoms with Crippen LogP contribution in [0, 0.1) is 0 Å². The Hall–Kier alpha value is -1.65. The lowest BCUT2D eigenvalue weighted by molar-refractivity contribution is 0.704. The van der Waals surface area contributed by atoms with Crippen molar-refractivity contribution in [2.24, 2.45) is 14.1 Å². The van der Waals surface area contributed by atoms with Gasteiger partial charge in [0.2, 0.25) is 0 Å². The summed E-state index contributed by atoms with van der Waals surface area (Å²) in [4.78, 5) is 11.4. The Morgan fingerprint density at radius 2 is 1.75 bits per heavy atom. The number of fused-ring (bicyclic) bond motifs is 1. The van der Waals surface area contributed by atoms with Crippen molar-refractivity contribution in [2.45, 2.75) is 0 Å². The van der Waals surface area contributed by atoms with Gasteiger partial charge in [-0.3, -0.25) is 9.48 Å². The van der Waals surface area contributed by atoms with E-state index in [9.17, 15) is 4.79 Å². The van der Waals surface area contributed by atoms with E-state index in [1.54, 1.807) is 31.2 Å². The summed E-state index contributed by atoms with van der Waals surface area (Å²) in [5.74, 6) is 0. The van der Waals surface area contributed by atoms with Gasteiger partial charge < -0.3 is 0 Å². The van der Waals surface area contributed by atoms with E-state index in [-0.39, 0.29) is 5.56 Å². The Balaban J connectivity index is 3.06. The van der Waals surface area contributed by atoms with Gasteiger partial charge in [0.05, 0.1) is 12.4 Å². The van der Waals surface area contributed by atoms with Crippen molar-refractivity contribution in [2.75, 3.05) is 0 Å². The molecule has 0 aliphatic rings. The molecule has 2 heterocycles. The van der Waals surface area contributed by atoms with Crippen molar-refractivity contribution in [3.8, 4) is 0 Å². The minimum Gasteiger partial charge on any atom is -0.265 e. The van der Waals surface area contributed by atoms with Crippen LogP contribution in [0.25, 0.3) is 10.9 Å². The van der Waals surface area contributed by atoms with Crippen LogP contribution in [-0.2, 0) is 14.1 Å². The van der Waals surface area contributed by atoms with Crippen molar-refractivity contribution in [3.05, 3.63) is 22.7 Å². The molecular formula is C7H8N4O. The second-order valence-electron chi connectivity index (χ2n) is 2.65. The minimum absolute atomic E-state index is 0.118. The van der Waals surface area contributed by atoms with E-state index in [0.29, 0.717) is 5.52 Å². The fourth-order valence-electron chi connectivity index (χ4n) is 1.17. The zero-order valence-corrected chi connectivity index (χ0v) is 6.85. The average molecular weight is 164 g/mol. The first kappa shape index (κ1) is 7.02. The number of nitrogens with zero attached hydrogens (tertiary/aromatic N) is 4. The molecule has 0 spiro atoms. The maximum atomic E-state index is 11.4.